The number of carboxylic acids is 1. The summed E-state index contributed by atoms with van der Waals surface area (Å²) in [7, 11) is 0. The molecule has 17 heavy (non-hydrogen) atoms. The Morgan fingerprint density at radius 2 is 1.94 bits per heavy atom. The molecular formula is C11H6F2O3S. The van der Waals surface area contributed by atoms with E-state index >= 15 is 0 Å². The van der Waals surface area contributed by atoms with E-state index < -0.39 is 17.6 Å². The van der Waals surface area contributed by atoms with Crippen LogP contribution in [0.5, 0.6) is 0 Å². The molecule has 0 fully saturated rings. The highest BCUT2D eigenvalue weighted by molar-refractivity contribution is 7.99. The third-order valence-electron chi connectivity index (χ3n) is 1.90. The fourth-order valence-electron chi connectivity index (χ4n) is 1.15. The number of benzene rings is 1. The molecule has 0 saturated carbocycles. The third kappa shape index (κ3) is 2.65. The smallest absolute Gasteiger partial charge is 0.371 e. The van der Waals surface area contributed by atoms with Crippen molar-refractivity contribution in [2.24, 2.45) is 0 Å². The molecule has 1 aromatic heterocycles. The number of halogens is 2. The lowest BCUT2D eigenvalue weighted by atomic mass is 10.3. The summed E-state index contributed by atoms with van der Waals surface area (Å²) < 4.78 is 30.5. The highest BCUT2D eigenvalue weighted by Crippen LogP contribution is 2.30. The number of carboxylic acid groups (broad SMARTS) is 1. The summed E-state index contributed by atoms with van der Waals surface area (Å²) in [6, 6.07) is 6.15. The zero-order valence-electron chi connectivity index (χ0n) is 8.31. The van der Waals surface area contributed by atoms with Gasteiger partial charge in [0, 0.05) is 4.90 Å². The van der Waals surface area contributed by atoms with Crippen molar-refractivity contribution in [3.63, 3.8) is 0 Å². The van der Waals surface area contributed by atoms with Crippen molar-refractivity contribution in [1.29, 1.82) is 0 Å². The van der Waals surface area contributed by atoms with Gasteiger partial charge in [0.25, 0.3) is 0 Å². The second kappa shape index (κ2) is 4.58. The van der Waals surface area contributed by atoms with Gasteiger partial charge in [0.2, 0.25) is 5.76 Å². The van der Waals surface area contributed by atoms with Crippen LogP contribution in [0, 0.1) is 11.6 Å². The van der Waals surface area contributed by atoms with E-state index in [0.717, 1.165) is 23.9 Å². The normalized spacial score (nSPS) is 10.5. The highest BCUT2D eigenvalue weighted by atomic mass is 32.2. The minimum absolute atomic E-state index is 0.199. The minimum atomic E-state index is -1.18. The fraction of sp³-hybridized carbons (Fsp3) is 0. The van der Waals surface area contributed by atoms with Crippen LogP contribution in [0.15, 0.2) is 44.7 Å². The van der Waals surface area contributed by atoms with E-state index in [-0.39, 0.29) is 5.76 Å². The maximum absolute atomic E-state index is 12.9. The van der Waals surface area contributed by atoms with Crippen LogP contribution < -0.4 is 0 Å². The van der Waals surface area contributed by atoms with Crippen LogP contribution in [-0.4, -0.2) is 11.1 Å². The molecule has 0 aliphatic rings. The predicted octanol–water partition coefficient (Wildman–Crippen LogP) is 3.41. The second-order valence-electron chi connectivity index (χ2n) is 3.10. The van der Waals surface area contributed by atoms with Gasteiger partial charge in [-0.15, -0.1) is 0 Å². The molecule has 0 radical (unpaired) electrons. The van der Waals surface area contributed by atoms with Gasteiger partial charge in [-0.1, -0.05) is 11.8 Å². The van der Waals surface area contributed by atoms with Gasteiger partial charge in [0.1, 0.15) is 0 Å². The van der Waals surface area contributed by atoms with Gasteiger partial charge in [-0.2, -0.15) is 0 Å². The fourth-order valence-corrected chi connectivity index (χ4v) is 1.94. The lowest BCUT2D eigenvalue weighted by Crippen LogP contribution is -1.91. The topological polar surface area (TPSA) is 50.4 Å². The number of carbonyl (C=O) groups is 1. The highest BCUT2D eigenvalue weighted by Gasteiger charge is 2.11. The quantitative estimate of drug-likeness (QED) is 0.914. The second-order valence-corrected chi connectivity index (χ2v) is 4.18. The molecule has 0 atom stereocenters. The summed E-state index contributed by atoms with van der Waals surface area (Å²) in [5, 5.41) is 8.93. The van der Waals surface area contributed by atoms with Gasteiger partial charge in [-0.3, -0.25) is 0 Å². The minimum Gasteiger partial charge on any atom is -0.475 e. The molecule has 1 heterocycles. The van der Waals surface area contributed by atoms with Gasteiger partial charge in [0.05, 0.1) is 0 Å². The Morgan fingerprint density at radius 1 is 1.18 bits per heavy atom. The van der Waals surface area contributed by atoms with Crippen LogP contribution in [-0.2, 0) is 0 Å². The summed E-state index contributed by atoms with van der Waals surface area (Å²) >= 11 is 1.01. The van der Waals surface area contributed by atoms with Crippen LogP contribution in [0.25, 0.3) is 0 Å². The first-order chi connectivity index (χ1) is 8.06. The Balaban J connectivity index is 2.19. The molecule has 0 spiro atoms. The van der Waals surface area contributed by atoms with Gasteiger partial charge >= 0.3 is 5.97 Å². The molecule has 0 unspecified atom stereocenters. The SMILES string of the molecule is O=C(O)c1ccc(Sc2ccc(F)c(F)c2)o1. The van der Waals surface area contributed by atoms with Crippen molar-refractivity contribution >= 4 is 17.7 Å². The van der Waals surface area contributed by atoms with E-state index in [2.05, 4.69) is 0 Å². The first-order valence-corrected chi connectivity index (χ1v) is 5.34. The van der Waals surface area contributed by atoms with E-state index in [1.807, 2.05) is 0 Å². The Kier molecular flexibility index (Phi) is 3.14. The number of furan rings is 1. The number of aromatic carboxylic acids is 1. The molecule has 1 aromatic carbocycles. The summed E-state index contributed by atoms with van der Waals surface area (Å²) in [6.07, 6.45) is 0. The van der Waals surface area contributed by atoms with Gasteiger partial charge < -0.3 is 9.52 Å². The van der Waals surface area contributed by atoms with Crippen molar-refractivity contribution in [2.75, 3.05) is 0 Å². The lowest BCUT2D eigenvalue weighted by Gasteiger charge is -1.98. The first-order valence-electron chi connectivity index (χ1n) is 4.52. The third-order valence-corrected chi connectivity index (χ3v) is 2.81. The van der Waals surface area contributed by atoms with E-state index in [1.165, 1.54) is 18.2 Å². The van der Waals surface area contributed by atoms with Gasteiger partial charge in [-0.05, 0) is 30.3 Å². The molecule has 6 heteroatoms. The molecule has 0 aliphatic carbocycles. The zero-order valence-corrected chi connectivity index (χ0v) is 9.13. The molecule has 2 aromatic rings. The van der Waals surface area contributed by atoms with E-state index in [1.54, 1.807) is 0 Å². The summed E-state index contributed by atoms with van der Waals surface area (Å²) in [5.74, 6) is -3.27. The Bertz CT molecular complexity index is 566. The Morgan fingerprint density at radius 3 is 2.53 bits per heavy atom. The van der Waals surface area contributed by atoms with Crippen molar-refractivity contribution < 1.29 is 23.1 Å². The molecule has 2 rings (SSSR count). The molecule has 0 saturated heterocycles. The molecule has 1 N–H and O–H groups in total. The van der Waals surface area contributed by atoms with Gasteiger partial charge in [0.15, 0.2) is 16.7 Å². The largest absolute Gasteiger partial charge is 0.475 e. The molecule has 0 bridgehead atoms. The number of hydrogen-bond acceptors (Lipinski definition) is 3. The monoisotopic (exact) mass is 256 g/mol. The van der Waals surface area contributed by atoms with Crippen molar-refractivity contribution in [3.8, 4) is 0 Å². The average molecular weight is 256 g/mol. The maximum atomic E-state index is 12.9. The zero-order chi connectivity index (χ0) is 12.4. The summed E-state index contributed by atoms with van der Waals surface area (Å²) in [6.45, 7) is 0. The first kappa shape index (κ1) is 11.7. The van der Waals surface area contributed by atoms with Crippen molar-refractivity contribution in [1.82, 2.24) is 0 Å². The summed E-state index contributed by atoms with van der Waals surface area (Å²) in [5.41, 5.74) is 0. The van der Waals surface area contributed by atoms with E-state index in [0.29, 0.717) is 9.99 Å². The van der Waals surface area contributed by atoms with Crippen LogP contribution in [0.2, 0.25) is 0 Å². The number of hydrogen-bond donors (Lipinski definition) is 1. The van der Waals surface area contributed by atoms with Crippen LogP contribution >= 0.6 is 11.8 Å². The van der Waals surface area contributed by atoms with Gasteiger partial charge in [-0.25, -0.2) is 13.6 Å². The number of rotatable bonds is 3. The summed E-state index contributed by atoms with van der Waals surface area (Å²) in [4.78, 5) is 11.0. The Labute approximate surface area is 99.1 Å². The molecule has 3 nitrogen and oxygen atoms in total. The standard InChI is InChI=1S/C11H6F2O3S/c12-7-2-1-6(5-8(7)13)17-10-4-3-9(16-10)11(14)15/h1-5H,(H,14,15). The lowest BCUT2D eigenvalue weighted by molar-refractivity contribution is 0.0656. The van der Waals surface area contributed by atoms with Crippen molar-refractivity contribution in [2.45, 2.75) is 9.99 Å². The Hall–Kier alpha value is -1.82. The average Bonchev–Trinajstić information content (AvgIpc) is 2.72. The van der Waals surface area contributed by atoms with Crippen LogP contribution in [0.4, 0.5) is 8.78 Å². The van der Waals surface area contributed by atoms with E-state index in [9.17, 15) is 13.6 Å². The molecule has 0 amide bonds. The van der Waals surface area contributed by atoms with E-state index in [4.69, 9.17) is 9.52 Å². The molecule has 0 aliphatic heterocycles. The van der Waals surface area contributed by atoms with Crippen LogP contribution in [0.3, 0.4) is 0 Å². The van der Waals surface area contributed by atoms with Crippen molar-refractivity contribution in [3.05, 3.63) is 47.7 Å². The molecule has 88 valence electrons. The predicted molar refractivity (Wildman–Crippen MR) is 56.1 cm³/mol. The molecular weight excluding hydrogens is 250 g/mol. The maximum Gasteiger partial charge on any atom is 0.371 e. The van der Waals surface area contributed by atoms with Crippen LogP contribution in [0.1, 0.15) is 10.6 Å².